The van der Waals surface area contributed by atoms with Gasteiger partial charge in [0.25, 0.3) is 0 Å². The van der Waals surface area contributed by atoms with Gasteiger partial charge in [-0.15, -0.1) is 11.3 Å². The summed E-state index contributed by atoms with van der Waals surface area (Å²) in [5.41, 5.74) is -0.178. The van der Waals surface area contributed by atoms with Gasteiger partial charge in [0.15, 0.2) is 0 Å². The zero-order valence-electron chi connectivity index (χ0n) is 8.81. The first-order chi connectivity index (χ1) is 7.00. The molecule has 1 aromatic rings. The van der Waals surface area contributed by atoms with Gasteiger partial charge in [-0.2, -0.15) is 0 Å². The van der Waals surface area contributed by atoms with Crippen LogP contribution in [0, 0.1) is 0 Å². The van der Waals surface area contributed by atoms with Crippen molar-refractivity contribution in [3.8, 4) is 0 Å². The molecular formula is C10H15Br2NOS. The Kier molecular flexibility index (Phi) is 5.25. The summed E-state index contributed by atoms with van der Waals surface area (Å²) in [7, 11) is 0. The van der Waals surface area contributed by atoms with Gasteiger partial charge in [-0.3, -0.25) is 0 Å². The third-order valence-corrected chi connectivity index (χ3v) is 5.77. The number of aliphatic hydroxyl groups excluding tert-OH is 1. The van der Waals surface area contributed by atoms with Gasteiger partial charge < -0.3 is 10.4 Å². The van der Waals surface area contributed by atoms with Gasteiger partial charge in [0.1, 0.15) is 0 Å². The molecule has 2 N–H and O–H groups in total. The molecule has 0 fully saturated rings. The lowest BCUT2D eigenvalue weighted by Crippen LogP contribution is -2.44. The molecule has 86 valence electrons. The van der Waals surface area contributed by atoms with Gasteiger partial charge in [-0.05, 0) is 51.3 Å². The molecule has 1 heterocycles. The third-order valence-electron chi connectivity index (χ3n) is 2.51. The van der Waals surface area contributed by atoms with E-state index in [1.807, 2.05) is 6.92 Å². The molecule has 0 saturated heterocycles. The SMILES string of the molecule is CCC(C)(CO)NCc1cc(Br)c(Br)s1. The van der Waals surface area contributed by atoms with E-state index < -0.39 is 0 Å². The molecule has 0 aliphatic heterocycles. The average molecular weight is 357 g/mol. The van der Waals surface area contributed by atoms with Crippen LogP contribution in [0.2, 0.25) is 0 Å². The summed E-state index contributed by atoms with van der Waals surface area (Å²) in [5.74, 6) is 0. The highest BCUT2D eigenvalue weighted by Crippen LogP contribution is 2.32. The highest BCUT2D eigenvalue weighted by atomic mass is 79.9. The van der Waals surface area contributed by atoms with Crippen molar-refractivity contribution in [3.05, 3.63) is 19.2 Å². The first kappa shape index (κ1) is 13.6. The summed E-state index contributed by atoms with van der Waals surface area (Å²) in [5, 5.41) is 12.6. The van der Waals surface area contributed by atoms with E-state index >= 15 is 0 Å². The van der Waals surface area contributed by atoms with Crippen molar-refractivity contribution in [1.82, 2.24) is 5.32 Å². The topological polar surface area (TPSA) is 32.3 Å². The first-order valence-electron chi connectivity index (χ1n) is 4.80. The lowest BCUT2D eigenvalue weighted by molar-refractivity contribution is 0.169. The molecule has 1 rings (SSSR count). The van der Waals surface area contributed by atoms with Crippen molar-refractivity contribution >= 4 is 43.2 Å². The second-order valence-electron chi connectivity index (χ2n) is 3.76. The second-order valence-corrected chi connectivity index (χ2v) is 7.07. The summed E-state index contributed by atoms with van der Waals surface area (Å²) in [6.07, 6.45) is 0.914. The van der Waals surface area contributed by atoms with E-state index in [-0.39, 0.29) is 12.1 Å². The van der Waals surface area contributed by atoms with Crippen LogP contribution in [-0.4, -0.2) is 17.3 Å². The van der Waals surface area contributed by atoms with Crippen LogP contribution in [0.1, 0.15) is 25.1 Å². The summed E-state index contributed by atoms with van der Waals surface area (Å²) in [4.78, 5) is 1.25. The van der Waals surface area contributed by atoms with E-state index in [4.69, 9.17) is 0 Å². The monoisotopic (exact) mass is 355 g/mol. The molecule has 5 heteroatoms. The van der Waals surface area contributed by atoms with Crippen LogP contribution >= 0.6 is 43.2 Å². The van der Waals surface area contributed by atoms with E-state index in [9.17, 15) is 5.11 Å². The summed E-state index contributed by atoms with van der Waals surface area (Å²) in [6, 6.07) is 2.09. The zero-order chi connectivity index (χ0) is 11.5. The van der Waals surface area contributed by atoms with Crippen molar-refractivity contribution < 1.29 is 5.11 Å². The molecule has 1 unspecified atom stereocenters. The fourth-order valence-corrected chi connectivity index (χ4v) is 3.19. The normalized spacial score (nSPS) is 15.3. The second kappa shape index (κ2) is 5.77. The quantitative estimate of drug-likeness (QED) is 0.845. The van der Waals surface area contributed by atoms with Gasteiger partial charge in [0.05, 0.1) is 10.4 Å². The van der Waals surface area contributed by atoms with Crippen molar-refractivity contribution in [3.63, 3.8) is 0 Å². The number of hydrogen-bond donors (Lipinski definition) is 2. The largest absolute Gasteiger partial charge is 0.394 e. The summed E-state index contributed by atoms with van der Waals surface area (Å²) < 4.78 is 2.20. The van der Waals surface area contributed by atoms with E-state index in [1.54, 1.807) is 11.3 Å². The summed E-state index contributed by atoms with van der Waals surface area (Å²) in [6.45, 7) is 5.06. The Morgan fingerprint density at radius 1 is 1.53 bits per heavy atom. The van der Waals surface area contributed by atoms with Crippen LogP contribution < -0.4 is 5.32 Å². The maximum absolute atomic E-state index is 9.25. The lowest BCUT2D eigenvalue weighted by atomic mass is 10.0. The molecule has 15 heavy (non-hydrogen) atoms. The molecule has 0 spiro atoms. The summed E-state index contributed by atoms with van der Waals surface area (Å²) >= 11 is 8.62. The van der Waals surface area contributed by atoms with Gasteiger partial charge >= 0.3 is 0 Å². The van der Waals surface area contributed by atoms with Gasteiger partial charge in [-0.1, -0.05) is 6.92 Å². The Hall–Kier alpha value is 0.580. The van der Waals surface area contributed by atoms with Crippen LogP contribution in [0.4, 0.5) is 0 Å². The Bertz CT molecular complexity index is 304. The maximum atomic E-state index is 9.25. The molecule has 2 nitrogen and oxygen atoms in total. The highest BCUT2D eigenvalue weighted by molar-refractivity contribution is 9.13. The van der Waals surface area contributed by atoms with E-state index in [1.165, 1.54) is 4.88 Å². The molecule has 0 amide bonds. The van der Waals surface area contributed by atoms with Crippen LogP contribution in [0.3, 0.4) is 0 Å². The minimum absolute atomic E-state index is 0.164. The fraction of sp³-hybridized carbons (Fsp3) is 0.600. The van der Waals surface area contributed by atoms with Crippen LogP contribution in [0.25, 0.3) is 0 Å². The van der Waals surface area contributed by atoms with Crippen molar-refractivity contribution in [1.29, 1.82) is 0 Å². The number of rotatable bonds is 5. The first-order valence-corrected chi connectivity index (χ1v) is 7.20. The van der Waals surface area contributed by atoms with Crippen molar-refractivity contribution in [2.24, 2.45) is 0 Å². The smallest absolute Gasteiger partial charge is 0.0843 e. The Balaban J connectivity index is 2.56. The predicted molar refractivity (Wildman–Crippen MR) is 72.3 cm³/mol. The minimum Gasteiger partial charge on any atom is -0.394 e. The molecule has 1 atom stereocenters. The Labute approximate surface area is 111 Å². The van der Waals surface area contributed by atoms with Crippen LogP contribution in [-0.2, 0) is 6.54 Å². The predicted octanol–water partition coefficient (Wildman–Crippen LogP) is 3.52. The number of aliphatic hydroxyl groups is 1. The number of halogens is 2. The standard InChI is InChI=1S/C10H15Br2NOS/c1-3-10(2,6-14)13-5-7-4-8(11)9(12)15-7/h4,13-14H,3,5-6H2,1-2H3. The lowest BCUT2D eigenvalue weighted by Gasteiger charge is -2.26. The zero-order valence-corrected chi connectivity index (χ0v) is 12.8. The number of nitrogens with one attached hydrogen (secondary N) is 1. The molecule has 1 aromatic heterocycles. The maximum Gasteiger partial charge on any atom is 0.0843 e. The molecular weight excluding hydrogens is 342 g/mol. The molecule has 0 saturated carbocycles. The van der Waals surface area contributed by atoms with Crippen LogP contribution in [0.15, 0.2) is 14.3 Å². The van der Waals surface area contributed by atoms with Crippen molar-refractivity contribution in [2.75, 3.05) is 6.61 Å². The molecule has 0 bridgehead atoms. The number of thiophene rings is 1. The molecule has 0 aromatic carbocycles. The van der Waals surface area contributed by atoms with Gasteiger partial charge in [0.2, 0.25) is 0 Å². The Morgan fingerprint density at radius 3 is 2.60 bits per heavy atom. The number of hydrogen-bond acceptors (Lipinski definition) is 3. The van der Waals surface area contributed by atoms with Gasteiger partial charge in [-0.25, -0.2) is 0 Å². The fourth-order valence-electron chi connectivity index (χ4n) is 1.07. The highest BCUT2D eigenvalue weighted by Gasteiger charge is 2.20. The molecule has 0 aliphatic rings. The molecule has 0 aliphatic carbocycles. The van der Waals surface area contributed by atoms with Gasteiger partial charge in [0, 0.05) is 21.4 Å². The molecule has 0 radical (unpaired) electrons. The van der Waals surface area contributed by atoms with Crippen LogP contribution in [0.5, 0.6) is 0 Å². The minimum atomic E-state index is -0.178. The van der Waals surface area contributed by atoms with E-state index in [2.05, 4.69) is 50.2 Å². The Morgan fingerprint density at radius 2 is 2.20 bits per heavy atom. The average Bonchev–Trinajstić information content (AvgIpc) is 2.55. The third kappa shape index (κ3) is 3.82. The van der Waals surface area contributed by atoms with E-state index in [0.29, 0.717) is 0 Å². The van der Waals surface area contributed by atoms with E-state index in [0.717, 1.165) is 21.2 Å². The van der Waals surface area contributed by atoms with Crippen molar-refractivity contribution in [2.45, 2.75) is 32.4 Å².